The first-order valence-corrected chi connectivity index (χ1v) is 5.96. The summed E-state index contributed by atoms with van der Waals surface area (Å²) in [5.74, 6) is -0.929. The van der Waals surface area contributed by atoms with Crippen molar-refractivity contribution in [3.63, 3.8) is 0 Å². The number of nitrogens with one attached hydrogen (secondary N) is 1. The molecule has 7 heteroatoms. The van der Waals surface area contributed by atoms with Crippen LogP contribution in [-0.2, 0) is 4.79 Å². The summed E-state index contributed by atoms with van der Waals surface area (Å²) in [6.07, 6.45) is 1.43. The van der Waals surface area contributed by atoms with Gasteiger partial charge in [-0.2, -0.15) is 0 Å². The lowest BCUT2D eigenvalue weighted by Crippen LogP contribution is -2.20. The number of aromatic hydroxyl groups is 1. The van der Waals surface area contributed by atoms with E-state index in [0.717, 1.165) is 6.07 Å². The van der Waals surface area contributed by atoms with E-state index in [-0.39, 0.29) is 28.9 Å². The van der Waals surface area contributed by atoms with Crippen molar-refractivity contribution < 1.29 is 19.0 Å². The molecule has 0 saturated heterocycles. The molecular formula is C13H10ClFN2O3. The van der Waals surface area contributed by atoms with Crippen molar-refractivity contribution in [3.8, 4) is 11.5 Å². The summed E-state index contributed by atoms with van der Waals surface area (Å²) in [6.45, 7) is -0.321. The van der Waals surface area contributed by atoms with Crippen molar-refractivity contribution in [3.05, 3.63) is 47.4 Å². The van der Waals surface area contributed by atoms with Crippen molar-refractivity contribution in [2.24, 2.45) is 0 Å². The molecule has 1 amide bonds. The summed E-state index contributed by atoms with van der Waals surface area (Å²) in [5, 5.41) is 11.7. The van der Waals surface area contributed by atoms with Gasteiger partial charge in [-0.1, -0.05) is 11.6 Å². The molecule has 0 radical (unpaired) electrons. The number of benzene rings is 1. The summed E-state index contributed by atoms with van der Waals surface area (Å²) >= 11 is 5.58. The van der Waals surface area contributed by atoms with Gasteiger partial charge in [0.1, 0.15) is 11.6 Å². The van der Waals surface area contributed by atoms with Gasteiger partial charge in [0.2, 0.25) is 0 Å². The third-order valence-electron chi connectivity index (χ3n) is 2.31. The van der Waals surface area contributed by atoms with E-state index < -0.39 is 11.7 Å². The SMILES string of the molecule is O=C(COc1ccc(F)c(Cl)c1)Nc1ncccc1O. The molecule has 1 heterocycles. The highest BCUT2D eigenvalue weighted by molar-refractivity contribution is 6.30. The molecule has 0 aliphatic carbocycles. The third-order valence-corrected chi connectivity index (χ3v) is 2.59. The molecule has 0 spiro atoms. The van der Waals surface area contributed by atoms with Gasteiger partial charge in [-0.25, -0.2) is 9.37 Å². The smallest absolute Gasteiger partial charge is 0.263 e. The van der Waals surface area contributed by atoms with E-state index in [1.165, 1.54) is 30.5 Å². The van der Waals surface area contributed by atoms with Crippen LogP contribution in [0.4, 0.5) is 10.2 Å². The topological polar surface area (TPSA) is 71.5 Å². The van der Waals surface area contributed by atoms with Crippen LogP contribution in [0.15, 0.2) is 36.5 Å². The van der Waals surface area contributed by atoms with Crippen LogP contribution in [0.2, 0.25) is 5.02 Å². The number of carbonyl (C=O) groups excluding carboxylic acids is 1. The van der Waals surface area contributed by atoms with Gasteiger partial charge in [0.25, 0.3) is 5.91 Å². The number of hydrogen-bond donors (Lipinski definition) is 2. The predicted molar refractivity (Wildman–Crippen MR) is 71.4 cm³/mol. The summed E-state index contributed by atoms with van der Waals surface area (Å²) in [6, 6.07) is 6.68. The highest BCUT2D eigenvalue weighted by atomic mass is 35.5. The number of anilines is 1. The Morgan fingerprint density at radius 2 is 2.25 bits per heavy atom. The number of pyridine rings is 1. The van der Waals surface area contributed by atoms with Crippen molar-refractivity contribution in [1.82, 2.24) is 4.98 Å². The minimum absolute atomic E-state index is 0.0400. The largest absolute Gasteiger partial charge is 0.504 e. The van der Waals surface area contributed by atoms with Crippen LogP contribution in [0.1, 0.15) is 0 Å². The molecule has 0 atom stereocenters. The zero-order valence-electron chi connectivity index (χ0n) is 10.1. The molecule has 104 valence electrons. The van der Waals surface area contributed by atoms with Gasteiger partial charge >= 0.3 is 0 Å². The quantitative estimate of drug-likeness (QED) is 0.910. The van der Waals surface area contributed by atoms with E-state index in [9.17, 15) is 14.3 Å². The Hall–Kier alpha value is -2.34. The van der Waals surface area contributed by atoms with E-state index in [1.807, 2.05) is 0 Å². The molecule has 1 aromatic heterocycles. The molecule has 0 bridgehead atoms. The fourth-order valence-electron chi connectivity index (χ4n) is 1.38. The molecule has 0 fully saturated rings. The van der Waals surface area contributed by atoms with Gasteiger partial charge in [-0.15, -0.1) is 0 Å². The second-order valence-electron chi connectivity index (χ2n) is 3.78. The number of hydrogen-bond acceptors (Lipinski definition) is 4. The van der Waals surface area contributed by atoms with Gasteiger partial charge in [-0.05, 0) is 24.3 Å². The van der Waals surface area contributed by atoms with Crippen LogP contribution >= 0.6 is 11.6 Å². The van der Waals surface area contributed by atoms with Gasteiger partial charge < -0.3 is 15.2 Å². The van der Waals surface area contributed by atoms with Crippen LogP contribution < -0.4 is 10.1 Å². The Labute approximate surface area is 119 Å². The molecule has 1 aromatic carbocycles. The molecule has 20 heavy (non-hydrogen) atoms. The van der Waals surface area contributed by atoms with Gasteiger partial charge in [-0.3, -0.25) is 4.79 Å². The molecule has 5 nitrogen and oxygen atoms in total. The van der Waals surface area contributed by atoms with Crippen LogP contribution in [-0.4, -0.2) is 22.6 Å². The maximum Gasteiger partial charge on any atom is 0.263 e. The summed E-state index contributed by atoms with van der Waals surface area (Å²) in [7, 11) is 0. The van der Waals surface area contributed by atoms with E-state index in [1.54, 1.807) is 0 Å². The zero-order valence-corrected chi connectivity index (χ0v) is 10.9. The summed E-state index contributed by atoms with van der Waals surface area (Å²) < 4.78 is 18.1. The molecule has 0 saturated carbocycles. The maximum atomic E-state index is 12.9. The number of rotatable bonds is 4. The van der Waals surface area contributed by atoms with E-state index in [2.05, 4.69) is 10.3 Å². The molecule has 0 aliphatic rings. The van der Waals surface area contributed by atoms with Crippen molar-refractivity contribution >= 4 is 23.3 Å². The van der Waals surface area contributed by atoms with Crippen molar-refractivity contribution in [2.75, 3.05) is 11.9 Å². The molecule has 0 aliphatic heterocycles. The molecular weight excluding hydrogens is 287 g/mol. The lowest BCUT2D eigenvalue weighted by molar-refractivity contribution is -0.118. The van der Waals surface area contributed by atoms with Gasteiger partial charge in [0, 0.05) is 12.3 Å². The summed E-state index contributed by atoms with van der Waals surface area (Å²) in [4.78, 5) is 15.4. The van der Waals surface area contributed by atoms with Crippen molar-refractivity contribution in [2.45, 2.75) is 0 Å². The third kappa shape index (κ3) is 3.58. The first-order valence-electron chi connectivity index (χ1n) is 5.58. The first kappa shape index (κ1) is 14.1. The Bertz CT molecular complexity index is 637. The number of amides is 1. The molecule has 2 rings (SSSR count). The highest BCUT2D eigenvalue weighted by Crippen LogP contribution is 2.21. The number of aromatic nitrogens is 1. The van der Waals surface area contributed by atoms with Crippen molar-refractivity contribution in [1.29, 1.82) is 0 Å². The number of carbonyl (C=O) groups is 1. The fourth-order valence-corrected chi connectivity index (χ4v) is 1.55. The minimum Gasteiger partial charge on any atom is -0.504 e. The normalized spacial score (nSPS) is 10.1. The van der Waals surface area contributed by atoms with Crippen LogP contribution in [0.5, 0.6) is 11.5 Å². The number of nitrogens with zero attached hydrogens (tertiary/aromatic N) is 1. The average molecular weight is 297 g/mol. The Balaban J connectivity index is 1.92. The predicted octanol–water partition coefficient (Wildman–Crippen LogP) is 2.60. The number of halogens is 2. The van der Waals surface area contributed by atoms with E-state index in [4.69, 9.17) is 16.3 Å². The van der Waals surface area contributed by atoms with E-state index >= 15 is 0 Å². The standard InChI is InChI=1S/C13H10ClFN2O3/c14-9-6-8(3-4-10(9)15)20-7-12(19)17-13-11(18)2-1-5-16-13/h1-6,18H,7H2,(H,16,17,19). The van der Waals surface area contributed by atoms with Gasteiger partial charge in [0.05, 0.1) is 5.02 Å². The molecule has 2 aromatic rings. The Kier molecular flexibility index (Phi) is 4.37. The minimum atomic E-state index is -0.568. The van der Waals surface area contributed by atoms with E-state index in [0.29, 0.717) is 0 Å². The van der Waals surface area contributed by atoms with Crippen LogP contribution in [0.25, 0.3) is 0 Å². The highest BCUT2D eigenvalue weighted by Gasteiger charge is 2.08. The summed E-state index contributed by atoms with van der Waals surface area (Å²) in [5.41, 5.74) is 0. The second kappa shape index (κ2) is 6.21. The maximum absolute atomic E-state index is 12.9. The van der Waals surface area contributed by atoms with Gasteiger partial charge in [0.15, 0.2) is 18.2 Å². The zero-order chi connectivity index (χ0) is 14.5. The fraction of sp³-hybridized carbons (Fsp3) is 0.0769. The van der Waals surface area contributed by atoms with Crippen LogP contribution in [0, 0.1) is 5.82 Å². The monoisotopic (exact) mass is 296 g/mol. The first-order chi connectivity index (χ1) is 9.56. The second-order valence-corrected chi connectivity index (χ2v) is 4.19. The molecule has 2 N–H and O–H groups in total. The Morgan fingerprint density at radius 3 is 2.95 bits per heavy atom. The Morgan fingerprint density at radius 1 is 1.45 bits per heavy atom. The average Bonchev–Trinajstić information content (AvgIpc) is 2.43. The lowest BCUT2D eigenvalue weighted by atomic mass is 10.3. The molecule has 0 unspecified atom stereocenters. The number of ether oxygens (including phenoxy) is 1. The lowest BCUT2D eigenvalue weighted by Gasteiger charge is -2.08. The van der Waals surface area contributed by atoms with Crippen LogP contribution in [0.3, 0.4) is 0 Å².